The van der Waals surface area contributed by atoms with Crippen LogP contribution < -0.4 is 4.90 Å². The Balaban J connectivity index is 1.65. The maximum absolute atomic E-state index is 12.9. The lowest BCUT2D eigenvalue weighted by Crippen LogP contribution is -2.36. The highest BCUT2D eigenvalue weighted by Crippen LogP contribution is 2.33. The number of aryl methyl sites for hydroxylation is 1. The van der Waals surface area contributed by atoms with Crippen LogP contribution in [0.4, 0.5) is 5.69 Å². The van der Waals surface area contributed by atoms with Gasteiger partial charge in [0.1, 0.15) is 5.58 Å². The molecule has 1 aliphatic heterocycles. The second-order valence-corrected chi connectivity index (χ2v) is 6.38. The van der Waals surface area contributed by atoms with Gasteiger partial charge in [0.05, 0.1) is 12.7 Å². The summed E-state index contributed by atoms with van der Waals surface area (Å²) in [6, 6.07) is 14.5. The zero-order valence-corrected chi connectivity index (χ0v) is 13.4. The first-order valence-electron chi connectivity index (χ1n) is 8.00. The van der Waals surface area contributed by atoms with Gasteiger partial charge >= 0.3 is 0 Å². The minimum absolute atomic E-state index is 0.130. The highest BCUT2D eigenvalue weighted by molar-refractivity contribution is 5.99. The average molecular weight is 305 g/mol. The van der Waals surface area contributed by atoms with Gasteiger partial charge in [-0.15, -0.1) is 0 Å². The first-order chi connectivity index (χ1) is 11.1. The van der Waals surface area contributed by atoms with Crippen LogP contribution in [0.15, 0.2) is 53.1 Å². The highest BCUT2D eigenvalue weighted by atomic mass is 16.3. The zero-order valence-electron chi connectivity index (χ0n) is 13.4. The third-order valence-corrected chi connectivity index (χ3v) is 4.63. The molecule has 0 saturated heterocycles. The number of anilines is 1. The second-order valence-electron chi connectivity index (χ2n) is 6.38. The predicted octanol–water partition coefficient (Wildman–Crippen LogP) is 4.26. The summed E-state index contributed by atoms with van der Waals surface area (Å²) in [6.45, 7) is 4.14. The number of carbonyl (C=O) groups is 1. The molecular weight excluding hydrogens is 286 g/mol. The van der Waals surface area contributed by atoms with Gasteiger partial charge in [0, 0.05) is 22.7 Å². The smallest absolute Gasteiger partial charge is 0.231 e. The molecule has 0 radical (unpaired) electrons. The molecule has 1 atom stereocenters. The van der Waals surface area contributed by atoms with E-state index in [1.54, 1.807) is 6.26 Å². The van der Waals surface area contributed by atoms with Gasteiger partial charge in [0.2, 0.25) is 5.91 Å². The van der Waals surface area contributed by atoms with Crippen molar-refractivity contribution in [1.29, 1.82) is 0 Å². The molecule has 1 aromatic heterocycles. The summed E-state index contributed by atoms with van der Waals surface area (Å²) in [6.07, 6.45) is 3.01. The van der Waals surface area contributed by atoms with Gasteiger partial charge in [-0.1, -0.05) is 30.3 Å². The van der Waals surface area contributed by atoms with Crippen molar-refractivity contribution in [3.05, 3.63) is 65.4 Å². The number of fused-ring (bicyclic) bond motifs is 2. The molecule has 1 amide bonds. The van der Waals surface area contributed by atoms with E-state index in [-0.39, 0.29) is 11.9 Å². The lowest BCUT2D eigenvalue weighted by molar-refractivity contribution is -0.118. The van der Waals surface area contributed by atoms with Crippen molar-refractivity contribution in [1.82, 2.24) is 0 Å². The quantitative estimate of drug-likeness (QED) is 0.708. The van der Waals surface area contributed by atoms with Crippen molar-refractivity contribution in [3.63, 3.8) is 0 Å². The molecule has 1 unspecified atom stereocenters. The van der Waals surface area contributed by atoms with Gasteiger partial charge in [-0.2, -0.15) is 0 Å². The molecule has 2 aromatic carbocycles. The number of benzene rings is 2. The topological polar surface area (TPSA) is 33.5 Å². The summed E-state index contributed by atoms with van der Waals surface area (Å²) in [5, 5.41) is 1.03. The molecular formula is C20H19NO2. The van der Waals surface area contributed by atoms with Gasteiger partial charge < -0.3 is 9.32 Å². The van der Waals surface area contributed by atoms with E-state index >= 15 is 0 Å². The van der Waals surface area contributed by atoms with E-state index in [2.05, 4.69) is 19.1 Å². The Bertz CT molecular complexity index is 894. The van der Waals surface area contributed by atoms with Gasteiger partial charge in [-0.3, -0.25) is 4.79 Å². The Labute approximate surface area is 135 Å². The summed E-state index contributed by atoms with van der Waals surface area (Å²) < 4.78 is 5.62. The molecule has 0 N–H and O–H groups in total. The third-order valence-electron chi connectivity index (χ3n) is 4.63. The Morgan fingerprint density at radius 3 is 2.96 bits per heavy atom. The molecule has 4 rings (SSSR count). The molecule has 2 heterocycles. The molecule has 3 nitrogen and oxygen atoms in total. The van der Waals surface area contributed by atoms with Gasteiger partial charge in [0.25, 0.3) is 0 Å². The van der Waals surface area contributed by atoms with E-state index < -0.39 is 0 Å². The fraction of sp³-hybridized carbons (Fsp3) is 0.250. The van der Waals surface area contributed by atoms with E-state index in [0.717, 1.165) is 34.2 Å². The van der Waals surface area contributed by atoms with E-state index in [0.29, 0.717) is 6.42 Å². The van der Waals surface area contributed by atoms with Crippen molar-refractivity contribution >= 4 is 22.6 Å². The van der Waals surface area contributed by atoms with Crippen LogP contribution in [0.1, 0.15) is 23.6 Å². The third kappa shape index (κ3) is 2.33. The van der Waals surface area contributed by atoms with Crippen molar-refractivity contribution in [3.8, 4) is 0 Å². The zero-order chi connectivity index (χ0) is 16.0. The van der Waals surface area contributed by atoms with Crippen molar-refractivity contribution < 1.29 is 9.21 Å². The summed E-state index contributed by atoms with van der Waals surface area (Å²) in [5.74, 6) is 0.130. The summed E-state index contributed by atoms with van der Waals surface area (Å²) >= 11 is 0. The van der Waals surface area contributed by atoms with Crippen LogP contribution in [0.5, 0.6) is 0 Å². The number of para-hydroxylation sites is 1. The summed E-state index contributed by atoms with van der Waals surface area (Å²) in [5.41, 5.74) is 5.27. The van der Waals surface area contributed by atoms with Crippen molar-refractivity contribution in [2.45, 2.75) is 32.7 Å². The molecule has 0 saturated carbocycles. The van der Waals surface area contributed by atoms with Crippen LogP contribution in [0.2, 0.25) is 0 Å². The number of hydrogen-bond acceptors (Lipinski definition) is 2. The van der Waals surface area contributed by atoms with Crippen LogP contribution in [0.25, 0.3) is 11.0 Å². The molecule has 1 aliphatic rings. The second kappa shape index (κ2) is 5.27. The Kier molecular flexibility index (Phi) is 3.22. The minimum Gasteiger partial charge on any atom is -0.464 e. The Morgan fingerprint density at radius 2 is 2.09 bits per heavy atom. The first kappa shape index (κ1) is 14.1. The molecule has 0 spiro atoms. The maximum Gasteiger partial charge on any atom is 0.231 e. The van der Waals surface area contributed by atoms with Crippen LogP contribution in [0.3, 0.4) is 0 Å². The lowest BCUT2D eigenvalue weighted by atomic mass is 10.1. The lowest BCUT2D eigenvalue weighted by Gasteiger charge is -2.22. The number of carbonyl (C=O) groups excluding carboxylic acids is 1. The predicted molar refractivity (Wildman–Crippen MR) is 91.7 cm³/mol. The van der Waals surface area contributed by atoms with Crippen LogP contribution in [0, 0.1) is 6.92 Å². The number of hydrogen-bond donors (Lipinski definition) is 0. The monoisotopic (exact) mass is 305 g/mol. The number of rotatable bonds is 2. The highest BCUT2D eigenvalue weighted by Gasteiger charge is 2.30. The first-order valence-corrected chi connectivity index (χ1v) is 8.00. The van der Waals surface area contributed by atoms with E-state index in [1.165, 1.54) is 5.56 Å². The van der Waals surface area contributed by atoms with Gasteiger partial charge in [0.15, 0.2) is 0 Å². The number of nitrogens with zero attached hydrogens (tertiary/aromatic N) is 1. The molecule has 3 heteroatoms. The van der Waals surface area contributed by atoms with Gasteiger partial charge in [-0.25, -0.2) is 0 Å². The normalized spacial score (nSPS) is 16.8. The molecule has 0 bridgehead atoms. The van der Waals surface area contributed by atoms with E-state index in [9.17, 15) is 4.79 Å². The van der Waals surface area contributed by atoms with Crippen LogP contribution in [-0.4, -0.2) is 11.9 Å². The van der Waals surface area contributed by atoms with Crippen molar-refractivity contribution in [2.24, 2.45) is 0 Å². The number of amides is 1. The summed E-state index contributed by atoms with van der Waals surface area (Å²) in [4.78, 5) is 14.8. The standard InChI is InChI=1S/C20H19NO2/c1-13-7-8-17-16(12-23-19(17)9-13)11-20(22)21-14(2)10-15-5-3-4-6-18(15)21/h3-9,12,14H,10-11H2,1-2H3. The van der Waals surface area contributed by atoms with E-state index in [1.807, 2.05) is 42.2 Å². The molecule has 0 fully saturated rings. The van der Waals surface area contributed by atoms with Crippen LogP contribution >= 0.6 is 0 Å². The summed E-state index contributed by atoms with van der Waals surface area (Å²) in [7, 11) is 0. The Morgan fingerprint density at radius 1 is 1.26 bits per heavy atom. The molecule has 116 valence electrons. The molecule has 3 aromatic rings. The molecule has 23 heavy (non-hydrogen) atoms. The number of furan rings is 1. The fourth-order valence-electron chi connectivity index (χ4n) is 3.52. The fourth-order valence-corrected chi connectivity index (χ4v) is 3.52. The van der Waals surface area contributed by atoms with Gasteiger partial charge in [-0.05, 0) is 43.5 Å². The van der Waals surface area contributed by atoms with E-state index in [4.69, 9.17) is 4.42 Å². The SMILES string of the molecule is Cc1ccc2c(CC(=O)N3c4ccccc4CC3C)coc2c1. The minimum atomic E-state index is 0.130. The van der Waals surface area contributed by atoms with Crippen molar-refractivity contribution in [2.75, 3.05) is 4.90 Å². The molecule has 0 aliphatic carbocycles. The Hall–Kier alpha value is -2.55. The maximum atomic E-state index is 12.9. The largest absolute Gasteiger partial charge is 0.464 e. The van der Waals surface area contributed by atoms with Crippen LogP contribution in [-0.2, 0) is 17.6 Å². The average Bonchev–Trinajstić information content (AvgIpc) is 3.07.